The van der Waals surface area contributed by atoms with Crippen LogP contribution in [-0.2, 0) is 24.3 Å². The molecule has 2 aromatic carbocycles. The van der Waals surface area contributed by atoms with Crippen LogP contribution >= 0.6 is 0 Å². The highest BCUT2D eigenvalue weighted by Gasteiger charge is 2.30. The van der Waals surface area contributed by atoms with Gasteiger partial charge in [-0.25, -0.2) is 22.0 Å². The number of nitrogens with zero attached hydrogens (tertiary/aromatic N) is 3. The lowest BCUT2D eigenvalue weighted by molar-refractivity contribution is -0.121. The van der Waals surface area contributed by atoms with E-state index in [0.29, 0.717) is 5.69 Å². The van der Waals surface area contributed by atoms with E-state index in [1.165, 1.54) is 12.1 Å². The van der Waals surface area contributed by atoms with Crippen LogP contribution in [0.4, 0.5) is 14.5 Å². The molecule has 1 saturated heterocycles. The number of nitriles is 1. The number of morpholine rings is 1. The van der Waals surface area contributed by atoms with Crippen molar-refractivity contribution in [1.29, 1.82) is 5.26 Å². The second kappa shape index (κ2) is 11.1. The minimum Gasteiger partial charge on any atom is -0.452 e. The Hall–Kier alpha value is -3.40. The molecule has 0 unspecified atom stereocenters. The molecule has 2 aromatic rings. The van der Waals surface area contributed by atoms with Crippen LogP contribution < -0.4 is 4.90 Å². The maximum Gasteiger partial charge on any atom is 0.338 e. The molecule has 9 nitrogen and oxygen atoms in total. The second-order valence-electron chi connectivity index (χ2n) is 7.17. The van der Waals surface area contributed by atoms with E-state index in [9.17, 15) is 26.8 Å². The van der Waals surface area contributed by atoms with Gasteiger partial charge in [-0.05, 0) is 42.5 Å². The zero-order valence-electron chi connectivity index (χ0n) is 17.9. The summed E-state index contributed by atoms with van der Waals surface area (Å²) in [5.41, 5.74) is 0.0461. The van der Waals surface area contributed by atoms with Crippen LogP contribution in [0.5, 0.6) is 0 Å². The molecular weight excluding hydrogens is 472 g/mol. The van der Waals surface area contributed by atoms with Gasteiger partial charge < -0.3 is 14.4 Å². The molecule has 180 valence electrons. The van der Waals surface area contributed by atoms with Crippen molar-refractivity contribution in [2.75, 3.05) is 44.4 Å². The summed E-state index contributed by atoms with van der Waals surface area (Å²) < 4.78 is 64.3. The van der Waals surface area contributed by atoms with E-state index in [-0.39, 0.29) is 44.8 Å². The van der Waals surface area contributed by atoms with Crippen LogP contribution in [0.25, 0.3) is 0 Å². The van der Waals surface area contributed by atoms with E-state index in [1.54, 1.807) is 0 Å². The molecule has 1 heterocycles. The molecule has 0 N–H and O–H groups in total. The summed E-state index contributed by atoms with van der Waals surface area (Å²) in [6.07, 6.45) is -0.0161. The number of halogens is 2. The summed E-state index contributed by atoms with van der Waals surface area (Å²) in [6.45, 7) is -0.316. The van der Waals surface area contributed by atoms with E-state index >= 15 is 0 Å². The van der Waals surface area contributed by atoms with Gasteiger partial charge in [0.1, 0.15) is 16.5 Å². The van der Waals surface area contributed by atoms with Crippen molar-refractivity contribution in [3.8, 4) is 6.07 Å². The van der Waals surface area contributed by atoms with Crippen molar-refractivity contribution in [3.05, 3.63) is 59.7 Å². The Kier molecular flexibility index (Phi) is 8.27. The fraction of sp³-hybridized carbons (Fsp3) is 0.318. The van der Waals surface area contributed by atoms with Gasteiger partial charge in [0.05, 0.1) is 31.3 Å². The molecule has 0 aliphatic carbocycles. The van der Waals surface area contributed by atoms with Crippen LogP contribution in [0.1, 0.15) is 16.8 Å². The number of carbonyl (C=O) groups excluding carboxylic acids is 2. The summed E-state index contributed by atoms with van der Waals surface area (Å²) in [5.74, 6) is -3.26. The van der Waals surface area contributed by atoms with E-state index in [4.69, 9.17) is 14.7 Å². The lowest BCUT2D eigenvalue weighted by atomic mass is 10.2. The third-order valence-electron chi connectivity index (χ3n) is 4.97. The third kappa shape index (κ3) is 5.93. The Morgan fingerprint density at radius 2 is 1.79 bits per heavy atom. The summed E-state index contributed by atoms with van der Waals surface area (Å²) in [5, 5.41) is 8.84. The highest BCUT2D eigenvalue weighted by Crippen LogP contribution is 2.22. The SMILES string of the molecule is N#CCCN(C(=O)COC(=O)c1ccc(F)c(S(=O)(=O)N2CCOCC2)c1)c1ccc(F)cc1. The fourth-order valence-electron chi connectivity index (χ4n) is 3.22. The minimum atomic E-state index is -4.21. The molecule has 1 fully saturated rings. The summed E-state index contributed by atoms with van der Waals surface area (Å²) in [7, 11) is -4.21. The average Bonchev–Trinajstić information content (AvgIpc) is 2.84. The van der Waals surface area contributed by atoms with Gasteiger partial charge >= 0.3 is 5.97 Å². The smallest absolute Gasteiger partial charge is 0.338 e. The van der Waals surface area contributed by atoms with Gasteiger partial charge in [-0.3, -0.25) is 4.79 Å². The van der Waals surface area contributed by atoms with E-state index in [1.807, 2.05) is 6.07 Å². The molecule has 0 saturated carbocycles. The molecule has 0 radical (unpaired) electrons. The van der Waals surface area contributed by atoms with Crippen LogP contribution in [0.2, 0.25) is 0 Å². The molecule has 1 amide bonds. The standard InChI is InChI=1S/C22H21F2N3O6S/c23-17-3-5-18(6-4-17)27(9-1-8-25)21(28)15-33-22(29)16-2-7-19(24)20(14-16)34(30,31)26-10-12-32-13-11-26/h2-7,14H,1,9-13,15H2. The Bertz CT molecular complexity index is 1190. The molecule has 0 bridgehead atoms. The van der Waals surface area contributed by atoms with Gasteiger partial charge in [-0.2, -0.15) is 9.57 Å². The van der Waals surface area contributed by atoms with E-state index in [0.717, 1.165) is 39.5 Å². The lowest BCUT2D eigenvalue weighted by Crippen LogP contribution is -2.41. The second-order valence-corrected chi connectivity index (χ2v) is 9.07. The monoisotopic (exact) mass is 493 g/mol. The maximum atomic E-state index is 14.3. The zero-order chi connectivity index (χ0) is 24.7. The number of anilines is 1. The normalized spacial score (nSPS) is 14.3. The highest BCUT2D eigenvalue weighted by molar-refractivity contribution is 7.89. The van der Waals surface area contributed by atoms with Crippen LogP contribution in [0.3, 0.4) is 0 Å². The molecule has 0 aromatic heterocycles. The minimum absolute atomic E-state index is 0.0161. The first-order valence-corrected chi connectivity index (χ1v) is 11.7. The molecule has 3 rings (SSSR count). The molecule has 0 atom stereocenters. The predicted molar refractivity (Wildman–Crippen MR) is 115 cm³/mol. The van der Waals surface area contributed by atoms with Gasteiger partial charge in [0, 0.05) is 25.3 Å². The maximum absolute atomic E-state index is 14.3. The Morgan fingerprint density at radius 3 is 2.44 bits per heavy atom. The molecule has 34 heavy (non-hydrogen) atoms. The van der Waals surface area contributed by atoms with Gasteiger partial charge in [-0.1, -0.05) is 0 Å². The van der Waals surface area contributed by atoms with E-state index < -0.39 is 45.0 Å². The third-order valence-corrected chi connectivity index (χ3v) is 6.88. The van der Waals surface area contributed by atoms with Crippen molar-refractivity contribution in [2.24, 2.45) is 0 Å². The fourth-order valence-corrected chi connectivity index (χ4v) is 4.72. The Morgan fingerprint density at radius 1 is 1.12 bits per heavy atom. The first-order chi connectivity index (χ1) is 16.2. The van der Waals surface area contributed by atoms with Gasteiger partial charge in [-0.15, -0.1) is 0 Å². The molecule has 0 spiro atoms. The molecular formula is C22H21F2N3O6S. The summed E-state index contributed by atoms with van der Waals surface area (Å²) >= 11 is 0. The quantitative estimate of drug-likeness (QED) is 0.517. The Labute approximate surface area is 195 Å². The molecule has 12 heteroatoms. The van der Waals surface area contributed by atoms with Gasteiger partial charge in [0.25, 0.3) is 5.91 Å². The van der Waals surface area contributed by atoms with Crippen LogP contribution in [-0.4, -0.2) is 64.1 Å². The molecule has 1 aliphatic rings. The average molecular weight is 493 g/mol. The van der Waals surface area contributed by atoms with Gasteiger partial charge in [0.2, 0.25) is 10.0 Å². The van der Waals surface area contributed by atoms with Crippen molar-refractivity contribution < 1.29 is 36.3 Å². The Balaban J connectivity index is 1.73. The van der Waals surface area contributed by atoms with Crippen LogP contribution in [0.15, 0.2) is 47.4 Å². The number of ether oxygens (including phenoxy) is 2. The number of benzene rings is 2. The number of rotatable bonds is 8. The largest absolute Gasteiger partial charge is 0.452 e. The first-order valence-electron chi connectivity index (χ1n) is 10.2. The first kappa shape index (κ1) is 25.2. The summed E-state index contributed by atoms with van der Waals surface area (Å²) in [4.78, 5) is 25.6. The number of carbonyl (C=O) groups is 2. The number of esters is 1. The topological polar surface area (TPSA) is 117 Å². The highest BCUT2D eigenvalue weighted by atomic mass is 32.2. The van der Waals surface area contributed by atoms with E-state index in [2.05, 4.69) is 0 Å². The zero-order valence-corrected chi connectivity index (χ0v) is 18.8. The van der Waals surface area contributed by atoms with Crippen molar-refractivity contribution in [2.45, 2.75) is 11.3 Å². The van der Waals surface area contributed by atoms with Crippen molar-refractivity contribution >= 4 is 27.6 Å². The number of amides is 1. The van der Waals surface area contributed by atoms with Crippen molar-refractivity contribution in [3.63, 3.8) is 0 Å². The van der Waals surface area contributed by atoms with Crippen LogP contribution in [0, 0.1) is 23.0 Å². The molecule has 1 aliphatic heterocycles. The number of sulfonamides is 1. The number of hydrogen-bond acceptors (Lipinski definition) is 7. The van der Waals surface area contributed by atoms with Gasteiger partial charge in [0.15, 0.2) is 6.61 Å². The summed E-state index contributed by atoms with van der Waals surface area (Å²) in [6, 6.07) is 9.61. The lowest BCUT2D eigenvalue weighted by Gasteiger charge is -2.26. The predicted octanol–water partition coefficient (Wildman–Crippen LogP) is 2.09. The van der Waals surface area contributed by atoms with Crippen molar-refractivity contribution in [1.82, 2.24) is 4.31 Å². The number of hydrogen-bond donors (Lipinski definition) is 0.